The van der Waals surface area contributed by atoms with Gasteiger partial charge in [-0.25, -0.2) is 8.78 Å². The van der Waals surface area contributed by atoms with Crippen molar-refractivity contribution in [1.82, 2.24) is 9.59 Å². The first-order valence-electron chi connectivity index (χ1n) is 5.63. The first-order valence-corrected chi connectivity index (χ1v) is 6.40. The summed E-state index contributed by atoms with van der Waals surface area (Å²) in [5.41, 5.74) is 0.319. The zero-order chi connectivity index (χ0) is 14.2. The maximum Gasteiger partial charge on any atom is 0.206 e. The predicted octanol–water partition coefficient (Wildman–Crippen LogP) is 3.34. The summed E-state index contributed by atoms with van der Waals surface area (Å²) in [4.78, 5) is 12.6. The van der Waals surface area contributed by atoms with Crippen molar-refractivity contribution >= 4 is 17.3 Å². The van der Waals surface area contributed by atoms with Gasteiger partial charge in [-0.2, -0.15) is 0 Å². The van der Waals surface area contributed by atoms with E-state index >= 15 is 0 Å². The van der Waals surface area contributed by atoms with Crippen molar-refractivity contribution in [2.75, 3.05) is 0 Å². The first-order chi connectivity index (χ1) is 8.80. The molecule has 0 N–H and O–H groups in total. The molecule has 0 amide bonds. The van der Waals surface area contributed by atoms with Gasteiger partial charge in [-0.15, -0.1) is 5.10 Å². The largest absolute Gasteiger partial charge is 0.288 e. The van der Waals surface area contributed by atoms with Crippen LogP contribution in [0.2, 0.25) is 0 Å². The summed E-state index contributed by atoms with van der Waals surface area (Å²) >= 11 is 0.963. The molecular weight excluding hydrogens is 270 g/mol. The molecule has 1 aromatic heterocycles. The van der Waals surface area contributed by atoms with Gasteiger partial charge in [-0.1, -0.05) is 25.3 Å². The number of benzene rings is 1. The molecule has 0 aliphatic carbocycles. The Hall–Kier alpha value is -1.69. The standard InChI is InChI=1S/C13H12F2N2OS/c1-13(2,3)12-11(19-17-16-12)10(18)7-4-5-8(14)9(15)6-7/h4-6H,1-3H3. The number of hydrogen-bond acceptors (Lipinski definition) is 4. The lowest BCUT2D eigenvalue weighted by molar-refractivity contribution is 0.103. The Morgan fingerprint density at radius 2 is 1.89 bits per heavy atom. The van der Waals surface area contributed by atoms with E-state index in [1.807, 2.05) is 20.8 Å². The van der Waals surface area contributed by atoms with E-state index in [4.69, 9.17) is 0 Å². The fourth-order valence-corrected chi connectivity index (χ4v) is 2.44. The molecule has 0 aliphatic heterocycles. The van der Waals surface area contributed by atoms with E-state index in [2.05, 4.69) is 9.59 Å². The summed E-state index contributed by atoms with van der Waals surface area (Å²) in [5, 5.41) is 3.95. The molecule has 19 heavy (non-hydrogen) atoms. The van der Waals surface area contributed by atoms with Crippen LogP contribution in [0, 0.1) is 11.6 Å². The highest BCUT2D eigenvalue weighted by Gasteiger charge is 2.27. The van der Waals surface area contributed by atoms with Crippen molar-refractivity contribution in [3.05, 3.63) is 46.0 Å². The third-order valence-corrected chi connectivity index (χ3v) is 3.31. The summed E-state index contributed by atoms with van der Waals surface area (Å²) in [6.45, 7) is 5.73. The topological polar surface area (TPSA) is 42.9 Å². The van der Waals surface area contributed by atoms with Gasteiger partial charge in [-0.3, -0.25) is 4.79 Å². The fourth-order valence-electron chi connectivity index (χ4n) is 1.60. The Kier molecular flexibility index (Phi) is 3.45. The summed E-state index contributed by atoms with van der Waals surface area (Å²) < 4.78 is 29.8. The molecule has 0 saturated heterocycles. The maximum absolute atomic E-state index is 13.2. The van der Waals surface area contributed by atoms with Gasteiger partial charge in [0.15, 0.2) is 11.6 Å². The van der Waals surface area contributed by atoms with E-state index in [-0.39, 0.29) is 16.8 Å². The molecule has 0 bridgehead atoms. The van der Waals surface area contributed by atoms with Gasteiger partial charge in [-0.05, 0) is 29.7 Å². The predicted molar refractivity (Wildman–Crippen MR) is 68.4 cm³/mol. The number of halogens is 2. The van der Waals surface area contributed by atoms with Crippen LogP contribution >= 0.6 is 11.5 Å². The average molecular weight is 282 g/mol. The van der Waals surface area contributed by atoms with Crippen LogP contribution in [0.1, 0.15) is 41.7 Å². The number of hydrogen-bond donors (Lipinski definition) is 0. The third-order valence-electron chi connectivity index (χ3n) is 2.59. The van der Waals surface area contributed by atoms with E-state index in [9.17, 15) is 13.6 Å². The lowest BCUT2D eigenvalue weighted by atomic mass is 9.90. The normalized spacial score (nSPS) is 11.6. The molecule has 1 heterocycles. The Labute approximate surface area is 113 Å². The van der Waals surface area contributed by atoms with Crippen LogP contribution in [0.3, 0.4) is 0 Å². The first kappa shape index (κ1) is 13.7. The second-order valence-electron chi connectivity index (χ2n) is 5.16. The van der Waals surface area contributed by atoms with Gasteiger partial charge in [0.1, 0.15) is 4.88 Å². The van der Waals surface area contributed by atoms with Crippen LogP contribution in [0.25, 0.3) is 0 Å². The summed E-state index contributed by atoms with van der Waals surface area (Å²) in [7, 11) is 0. The number of ketones is 1. The molecular formula is C13H12F2N2OS. The number of nitrogens with zero attached hydrogens (tertiary/aromatic N) is 2. The number of carbonyl (C=O) groups is 1. The average Bonchev–Trinajstić information content (AvgIpc) is 2.80. The molecule has 0 fully saturated rings. The monoisotopic (exact) mass is 282 g/mol. The minimum Gasteiger partial charge on any atom is -0.288 e. The molecule has 0 spiro atoms. The van der Waals surface area contributed by atoms with Crippen molar-refractivity contribution in [3.8, 4) is 0 Å². The molecule has 1 aromatic carbocycles. The van der Waals surface area contributed by atoms with Crippen molar-refractivity contribution in [3.63, 3.8) is 0 Å². The lowest BCUT2D eigenvalue weighted by Crippen LogP contribution is -2.16. The molecule has 0 radical (unpaired) electrons. The van der Waals surface area contributed by atoms with Gasteiger partial charge in [0.05, 0.1) is 5.69 Å². The van der Waals surface area contributed by atoms with Gasteiger partial charge >= 0.3 is 0 Å². The van der Waals surface area contributed by atoms with E-state index in [0.29, 0.717) is 10.6 Å². The molecule has 0 aliphatic rings. The highest BCUT2D eigenvalue weighted by atomic mass is 32.1. The van der Waals surface area contributed by atoms with Gasteiger partial charge in [0.25, 0.3) is 0 Å². The van der Waals surface area contributed by atoms with Crippen LogP contribution in [0.15, 0.2) is 18.2 Å². The van der Waals surface area contributed by atoms with E-state index in [0.717, 1.165) is 23.7 Å². The second-order valence-corrected chi connectivity index (χ2v) is 5.91. The Bertz CT molecular complexity index is 632. The van der Waals surface area contributed by atoms with Crippen molar-refractivity contribution < 1.29 is 13.6 Å². The zero-order valence-corrected chi connectivity index (χ0v) is 11.5. The minimum absolute atomic E-state index is 0.0930. The van der Waals surface area contributed by atoms with Crippen LogP contribution in [-0.2, 0) is 5.41 Å². The number of carbonyl (C=O) groups excluding carboxylic acids is 1. The summed E-state index contributed by atoms with van der Waals surface area (Å²) in [5.74, 6) is -2.41. The van der Waals surface area contributed by atoms with Crippen molar-refractivity contribution in [2.24, 2.45) is 0 Å². The molecule has 2 aromatic rings. The number of rotatable bonds is 2. The van der Waals surface area contributed by atoms with Crippen LogP contribution < -0.4 is 0 Å². The molecule has 3 nitrogen and oxygen atoms in total. The van der Waals surface area contributed by atoms with Gasteiger partial charge < -0.3 is 0 Å². The van der Waals surface area contributed by atoms with Crippen LogP contribution in [0.5, 0.6) is 0 Å². The molecule has 100 valence electrons. The van der Waals surface area contributed by atoms with Crippen molar-refractivity contribution in [2.45, 2.75) is 26.2 Å². The third kappa shape index (κ3) is 2.68. The molecule has 6 heteroatoms. The smallest absolute Gasteiger partial charge is 0.206 e. The van der Waals surface area contributed by atoms with Gasteiger partial charge in [0.2, 0.25) is 5.78 Å². The highest BCUT2D eigenvalue weighted by Crippen LogP contribution is 2.27. The molecule has 2 rings (SSSR count). The maximum atomic E-state index is 13.2. The minimum atomic E-state index is -1.04. The summed E-state index contributed by atoms with van der Waals surface area (Å²) in [6, 6.07) is 3.09. The Balaban J connectivity index is 2.45. The van der Waals surface area contributed by atoms with Crippen LogP contribution in [-0.4, -0.2) is 15.4 Å². The van der Waals surface area contributed by atoms with E-state index in [1.165, 1.54) is 6.07 Å². The van der Waals surface area contributed by atoms with Gasteiger partial charge in [0, 0.05) is 11.0 Å². The Morgan fingerprint density at radius 1 is 1.21 bits per heavy atom. The Morgan fingerprint density at radius 3 is 2.47 bits per heavy atom. The quantitative estimate of drug-likeness (QED) is 0.793. The summed E-state index contributed by atoms with van der Waals surface area (Å²) in [6.07, 6.45) is 0. The zero-order valence-electron chi connectivity index (χ0n) is 10.7. The van der Waals surface area contributed by atoms with E-state index in [1.54, 1.807) is 0 Å². The van der Waals surface area contributed by atoms with Crippen molar-refractivity contribution in [1.29, 1.82) is 0 Å². The molecule has 0 atom stereocenters. The highest BCUT2D eigenvalue weighted by molar-refractivity contribution is 7.08. The molecule has 0 unspecified atom stereocenters. The second kappa shape index (κ2) is 4.77. The van der Waals surface area contributed by atoms with E-state index < -0.39 is 11.6 Å². The molecule has 0 saturated carbocycles. The fraction of sp³-hybridized carbons (Fsp3) is 0.308. The number of aromatic nitrogens is 2. The van der Waals surface area contributed by atoms with Crippen LogP contribution in [0.4, 0.5) is 8.78 Å². The SMILES string of the molecule is CC(C)(C)c1nnsc1C(=O)c1ccc(F)c(F)c1. The lowest BCUT2D eigenvalue weighted by Gasteiger charge is -2.15.